The molecular formula is C18H24N2O3. The van der Waals surface area contributed by atoms with E-state index < -0.39 is 0 Å². The standard InChI is InChI=1S/C18H24N2O3/c1-13-4-5-15-14(10-13)11-16(23-15)17(21)19-12-18(20(2)3)6-8-22-9-7-18/h4-5,10-11H,6-9,12H2,1-3H3,(H,19,21). The smallest absolute Gasteiger partial charge is 0.287 e. The predicted molar refractivity (Wildman–Crippen MR) is 89.8 cm³/mol. The summed E-state index contributed by atoms with van der Waals surface area (Å²) < 4.78 is 11.1. The average molecular weight is 316 g/mol. The summed E-state index contributed by atoms with van der Waals surface area (Å²) in [6, 6.07) is 7.72. The van der Waals surface area contributed by atoms with Crippen molar-refractivity contribution < 1.29 is 13.9 Å². The van der Waals surface area contributed by atoms with E-state index in [4.69, 9.17) is 9.15 Å². The topological polar surface area (TPSA) is 54.7 Å². The second kappa shape index (κ2) is 6.34. The Morgan fingerprint density at radius 2 is 2.00 bits per heavy atom. The second-order valence-electron chi connectivity index (χ2n) is 6.57. The molecule has 1 aromatic heterocycles. The lowest BCUT2D eigenvalue weighted by atomic mass is 9.88. The van der Waals surface area contributed by atoms with Gasteiger partial charge in [-0.15, -0.1) is 0 Å². The molecule has 5 nitrogen and oxygen atoms in total. The van der Waals surface area contributed by atoms with Crippen LogP contribution in [0.5, 0.6) is 0 Å². The van der Waals surface area contributed by atoms with Gasteiger partial charge in [0.15, 0.2) is 5.76 Å². The van der Waals surface area contributed by atoms with Crippen molar-refractivity contribution in [3.05, 3.63) is 35.6 Å². The van der Waals surface area contributed by atoms with E-state index in [0.717, 1.165) is 42.6 Å². The number of amides is 1. The second-order valence-corrected chi connectivity index (χ2v) is 6.57. The highest BCUT2D eigenvalue weighted by atomic mass is 16.5. The number of nitrogens with one attached hydrogen (secondary N) is 1. The summed E-state index contributed by atoms with van der Waals surface area (Å²) in [5.41, 5.74) is 1.85. The van der Waals surface area contributed by atoms with E-state index in [1.165, 1.54) is 0 Å². The molecule has 1 aromatic carbocycles. The number of carbonyl (C=O) groups is 1. The van der Waals surface area contributed by atoms with Crippen molar-refractivity contribution in [2.45, 2.75) is 25.3 Å². The summed E-state index contributed by atoms with van der Waals surface area (Å²) in [6.07, 6.45) is 1.83. The molecule has 124 valence electrons. The van der Waals surface area contributed by atoms with E-state index in [0.29, 0.717) is 12.3 Å². The van der Waals surface area contributed by atoms with Crippen LogP contribution in [0.2, 0.25) is 0 Å². The van der Waals surface area contributed by atoms with Gasteiger partial charge in [-0.25, -0.2) is 0 Å². The Kier molecular flexibility index (Phi) is 4.41. The molecule has 5 heteroatoms. The molecule has 3 rings (SSSR count). The first-order chi connectivity index (χ1) is 11.0. The van der Waals surface area contributed by atoms with Gasteiger partial charge >= 0.3 is 0 Å². The summed E-state index contributed by atoms with van der Waals surface area (Å²) >= 11 is 0. The predicted octanol–water partition coefficient (Wildman–Crippen LogP) is 2.58. The highest BCUT2D eigenvalue weighted by Crippen LogP contribution is 2.25. The van der Waals surface area contributed by atoms with Gasteiger partial charge in [-0.05, 0) is 52.1 Å². The van der Waals surface area contributed by atoms with Gasteiger partial charge in [0.2, 0.25) is 0 Å². The number of furan rings is 1. The van der Waals surface area contributed by atoms with Gasteiger partial charge in [-0.1, -0.05) is 11.6 Å². The van der Waals surface area contributed by atoms with E-state index in [9.17, 15) is 4.79 Å². The zero-order valence-electron chi connectivity index (χ0n) is 14.0. The monoisotopic (exact) mass is 316 g/mol. The van der Waals surface area contributed by atoms with E-state index in [-0.39, 0.29) is 11.4 Å². The maximum Gasteiger partial charge on any atom is 0.287 e. The van der Waals surface area contributed by atoms with Crippen LogP contribution in [0.4, 0.5) is 0 Å². The van der Waals surface area contributed by atoms with Crippen molar-refractivity contribution in [1.29, 1.82) is 0 Å². The lowest BCUT2D eigenvalue weighted by Crippen LogP contribution is -2.55. The van der Waals surface area contributed by atoms with Crippen LogP contribution < -0.4 is 5.32 Å². The van der Waals surface area contributed by atoms with Crippen molar-refractivity contribution in [2.24, 2.45) is 0 Å². The Labute approximate surface area is 136 Å². The molecule has 0 spiro atoms. The van der Waals surface area contributed by atoms with Crippen LogP contribution in [-0.2, 0) is 4.74 Å². The molecule has 1 fully saturated rings. The molecule has 1 aliphatic rings. The van der Waals surface area contributed by atoms with Crippen molar-refractivity contribution >= 4 is 16.9 Å². The Balaban J connectivity index is 1.72. The number of hydrogen-bond donors (Lipinski definition) is 1. The first-order valence-corrected chi connectivity index (χ1v) is 8.04. The van der Waals surface area contributed by atoms with E-state index in [1.807, 2.05) is 31.2 Å². The van der Waals surface area contributed by atoms with Gasteiger partial charge in [-0.3, -0.25) is 4.79 Å². The highest BCUT2D eigenvalue weighted by molar-refractivity contribution is 5.96. The fraction of sp³-hybridized carbons (Fsp3) is 0.500. The summed E-state index contributed by atoms with van der Waals surface area (Å²) in [5, 5.41) is 4.00. The molecule has 2 aromatic rings. The van der Waals surface area contributed by atoms with Crippen LogP contribution in [-0.4, -0.2) is 50.2 Å². The minimum Gasteiger partial charge on any atom is -0.451 e. The molecule has 23 heavy (non-hydrogen) atoms. The van der Waals surface area contributed by atoms with Gasteiger partial charge in [0.25, 0.3) is 5.91 Å². The van der Waals surface area contributed by atoms with E-state index >= 15 is 0 Å². The van der Waals surface area contributed by atoms with Crippen molar-refractivity contribution in [3.8, 4) is 0 Å². The van der Waals surface area contributed by atoms with Gasteiger partial charge in [0.1, 0.15) is 5.58 Å². The maximum atomic E-state index is 12.5. The summed E-state index contributed by atoms with van der Waals surface area (Å²) in [7, 11) is 4.11. The first-order valence-electron chi connectivity index (χ1n) is 8.04. The van der Waals surface area contributed by atoms with Crippen molar-refractivity contribution in [3.63, 3.8) is 0 Å². The third-order valence-electron chi connectivity index (χ3n) is 4.85. The number of nitrogens with zero attached hydrogens (tertiary/aromatic N) is 1. The lowest BCUT2D eigenvalue weighted by Gasteiger charge is -2.42. The van der Waals surface area contributed by atoms with Gasteiger partial charge in [-0.2, -0.15) is 0 Å². The molecular weight excluding hydrogens is 292 g/mol. The van der Waals surface area contributed by atoms with Crippen molar-refractivity contribution in [1.82, 2.24) is 10.2 Å². The molecule has 0 radical (unpaired) electrons. The third kappa shape index (κ3) is 3.26. The van der Waals surface area contributed by atoms with E-state index in [1.54, 1.807) is 0 Å². The SMILES string of the molecule is Cc1ccc2oc(C(=O)NCC3(N(C)C)CCOCC3)cc2c1. The van der Waals surface area contributed by atoms with Crippen LogP contribution in [0.25, 0.3) is 11.0 Å². The van der Waals surface area contributed by atoms with Gasteiger partial charge in [0.05, 0.1) is 0 Å². The minimum atomic E-state index is -0.161. The van der Waals surface area contributed by atoms with Gasteiger partial charge in [0, 0.05) is 30.7 Å². The number of aryl methyl sites for hydroxylation is 1. The Bertz CT molecular complexity index is 699. The number of hydrogen-bond acceptors (Lipinski definition) is 4. The van der Waals surface area contributed by atoms with Crippen LogP contribution in [0, 0.1) is 6.92 Å². The molecule has 1 amide bonds. The number of fused-ring (bicyclic) bond motifs is 1. The normalized spacial score (nSPS) is 17.6. The number of carbonyl (C=O) groups excluding carboxylic acids is 1. The molecule has 0 atom stereocenters. The van der Waals surface area contributed by atoms with Crippen LogP contribution in [0.1, 0.15) is 29.0 Å². The lowest BCUT2D eigenvalue weighted by molar-refractivity contribution is -0.00668. The zero-order valence-corrected chi connectivity index (χ0v) is 14.0. The summed E-state index contributed by atoms with van der Waals surface area (Å²) in [4.78, 5) is 14.6. The molecule has 1 N–H and O–H groups in total. The molecule has 1 aliphatic heterocycles. The largest absolute Gasteiger partial charge is 0.451 e. The minimum absolute atomic E-state index is 0.0451. The third-order valence-corrected chi connectivity index (χ3v) is 4.85. The van der Waals surface area contributed by atoms with Gasteiger partial charge < -0.3 is 19.4 Å². The Morgan fingerprint density at radius 3 is 2.70 bits per heavy atom. The summed E-state index contributed by atoms with van der Waals surface area (Å²) in [5.74, 6) is 0.207. The van der Waals surface area contributed by atoms with Crippen molar-refractivity contribution in [2.75, 3.05) is 33.9 Å². The first kappa shape index (κ1) is 16.0. The number of ether oxygens (including phenoxy) is 1. The maximum absolute atomic E-state index is 12.5. The fourth-order valence-electron chi connectivity index (χ4n) is 3.14. The van der Waals surface area contributed by atoms with Crippen LogP contribution >= 0.6 is 0 Å². The zero-order chi connectivity index (χ0) is 16.4. The molecule has 0 aliphatic carbocycles. The molecule has 1 saturated heterocycles. The average Bonchev–Trinajstić information content (AvgIpc) is 2.96. The number of likely N-dealkylation sites (N-methyl/N-ethyl adjacent to an activating group) is 1. The number of benzene rings is 1. The van der Waals surface area contributed by atoms with Crippen LogP contribution in [0.3, 0.4) is 0 Å². The molecule has 0 bridgehead atoms. The van der Waals surface area contributed by atoms with E-state index in [2.05, 4.69) is 24.3 Å². The quantitative estimate of drug-likeness (QED) is 0.942. The highest BCUT2D eigenvalue weighted by Gasteiger charge is 2.35. The molecule has 0 unspecified atom stereocenters. The van der Waals surface area contributed by atoms with Crippen LogP contribution in [0.15, 0.2) is 28.7 Å². The molecule has 0 saturated carbocycles. The summed E-state index contributed by atoms with van der Waals surface area (Å²) in [6.45, 7) is 4.09. The fourth-order valence-corrected chi connectivity index (χ4v) is 3.14. The Hall–Kier alpha value is -1.85. The number of rotatable bonds is 4. The Morgan fingerprint density at radius 1 is 1.26 bits per heavy atom. The molecule has 2 heterocycles.